The average Bonchev–Trinajstić information content (AvgIpc) is 3.15. The van der Waals surface area contributed by atoms with E-state index >= 15 is 0 Å². The van der Waals surface area contributed by atoms with E-state index in [2.05, 4.69) is 10.3 Å². The van der Waals surface area contributed by atoms with Crippen molar-refractivity contribution in [1.29, 1.82) is 0 Å². The molecule has 0 bridgehead atoms. The second-order valence-corrected chi connectivity index (χ2v) is 9.65. The number of nitrogens with one attached hydrogen (secondary N) is 1. The van der Waals surface area contributed by atoms with E-state index in [1.54, 1.807) is 24.3 Å². The first kappa shape index (κ1) is 22.8. The molecule has 1 aromatic heterocycles. The number of aromatic nitrogens is 1. The molecule has 10 heteroatoms. The van der Waals surface area contributed by atoms with Crippen LogP contribution in [0.15, 0.2) is 71.8 Å². The molecule has 1 aliphatic rings. The van der Waals surface area contributed by atoms with Crippen LogP contribution in [0, 0.1) is 0 Å². The van der Waals surface area contributed by atoms with Crippen LogP contribution in [0.25, 0.3) is 0 Å². The number of para-hydroxylation sites is 1. The summed E-state index contributed by atoms with van der Waals surface area (Å²) in [5.74, 6) is -1.43. The van der Waals surface area contributed by atoms with Crippen LogP contribution in [0.5, 0.6) is 0 Å². The van der Waals surface area contributed by atoms with E-state index < -0.39 is 28.5 Å². The van der Waals surface area contributed by atoms with Crippen LogP contribution < -0.4 is 9.62 Å². The van der Waals surface area contributed by atoms with Gasteiger partial charge < -0.3 is 10.1 Å². The molecule has 0 radical (unpaired) electrons. The van der Waals surface area contributed by atoms with Crippen molar-refractivity contribution in [2.45, 2.75) is 24.3 Å². The van der Waals surface area contributed by atoms with Crippen molar-refractivity contribution >= 4 is 44.9 Å². The number of ether oxygens (including phenoxy) is 1. The van der Waals surface area contributed by atoms with Gasteiger partial charge in [0.25, 0.3) is 15.9 Å². The number of amides is 1. The molecule has 1 aliphatic heterocycles. The lowest BCUT2D eigenvalue weighted by atomic mass is 10.1. The molecule has 4 rings (SSSR count). The highest BCUT2D eigenvalue weighted by Crippen LogP contribution is 2.36. The molecule has 170 valence electrons. The van der Waals surface area contributed by atoms with Gasteiger partial charge in [-0.2, -0.15) is 0 Å². The topological polar surface area (TPSA) is 106 Å². The predicted octanol–water partition coefficient (Wildman–Crippen LogP) is 3.67. The molecule has 8 nitrogen and oxygen atoms in total. The molecule has 33 heavy (non-hydrogen) atoms. The Balaban J connectivity index is 1.48. The number of anilines is 2. The molecule has 0 saturated carbocycles. The van der Waals surface area contributed by atoms with Gasteiger partial charge in [0.1, 0.15) is 0 Å². The van der Waals surface area contributed by atoms with Crippen LogP contribution in [-0.4, -0.2) is 37.9 Å². The van der Waals surface area contributed by atoms with E-state index in [1.807, 2.05) is 19.1 Å². The fourth-order valence-electron chi connectivity index (χ4n) is 3.68. The summed E-state index contributed by atoms with van der Waals surface area (Å²) < 4.78 is 33.2. The third kappa shape index (κ3) is 4.69. The molecule has 0 spiro atoms. The normalized spacial score (nSPS) is 15.1. The third-order valence-corrected chi connectivity index (χ3v) is 7.36. The lowest BCUT2D eigenvalue weighted by Crippen LogP contribution is -2.35. The largest absolute Gasteiger partial charge is 0.452 e. The summed E-state index contributed by atoms with van der Waals surface area (Å²) >= 11 is 5.89. The van der Waals surface area contributed by atoms with E-state index in [0.29, 0.717) is 12.1 Å². The van der Waals surface area contributed by atoms with Crippen LogP contribution in [0.1, 0.15) is 22.8 Å². The maximum absolute atomic E-state index is 13.4. The lowest BCUT2D eigenvalue weighted by molar-refractivity contribution is -0.119. The number of rotatable bonds is 6. The zero-order chi connectivity index (χ0) is 23.6. The van der Waals surface area contributed by atoms with Crippen molar-refractivity contribution < 1.29 is 22.7 Å². The summed E-state index contributed by atoms with van der Waals surface area (Å²) in [6.07, 6.45) is 2.08. The quantitative estimate of drug-likeness (QED) is 0.422. The smallest absolute Gasteiger partial charge is 0.338 e. The summed E-state index contributed by atoms with van der Waals surface area (Å²) in [6, 6.07) is 15.8. The van der Waals surface area contributed by atoms with Crippen molar-refractivity contribution in [2.24, 2.45) is 0 Å². The highest BCUT2D eigenvalue weighted by Gasteiger charge is 2.36. The first-order chi connectivity index (χ1) is 15.8. The standard InChI is InChI=1S/C23H20ClN3O5S/c1-15-12-16-6-2-3-10-20(16)27(15)33(30,31)18-8-4-7-17(13-18)23(29)32-14-21(28)26-19-9-5-11-25-22(19)24/h2-11,13,15H,12,14H2,1H3,(H,26,28)/t15-/m1/s1. The Kier molecular flexibility index (Phi) is 6.35. The lowest BCUT2D eigenvalue weighted by Gasteiger charge is -2.24. The highest BCUT2D eigenvalue weighted by molar-refractivity contribution is 7.92. The first-order valence-corrected chi connectivity index (χ1v) is 11.9. The van der Waals surface area contributed by atoms with Crippen molar-refractivity contribution in [1.82, 2.24) is 4.98 Å². The summed E-state index contributed by atoms with van der Waals surface area (Å²) in [6.45, 7) is 1.26. The minimum atomic E-state index is -3.91. The molecule has 0 saturated heterocycles. The van der Waals surface area contributed by atoms with Gasteiger partial charge >= 0.3 is 5.97 Å². The molecule has 3 aromatic rings. The molecular formula is C23H20ClN3O5S. The zero-order valence-electron chi connectivity index (χ0n) is 17.6. The van der Waals surface area contributed by atoms with Crippen LogP contribution in [0.3, 0.4) is 0 Å². The number of pyridine rings is 1. The third-order valence-electron chi connectivity index (χ3n) is 5.14. The fourth-order valence-corrected chi connectivity index (χ4v) is 5.59. The van der Waals surface area contributed by atoms with E-state index in [-0.39, 0.29) is 27.3 Å². The van der Waals surface area contributed by atoms with Crippen molar-refractivity contribution in [3.05, 3.63) is 83.1 Å². The Hall–Kier alpha value is -3.43. The van der Waals surface area contributed by atoms with E-state index in [0.717, 1.165) is 5.56 Å². The number of esters is 1. The second-order valence-electron chi connectivity index (χ2n) is 7.48. The van der Waals surface area contributed by atoms with Gasteiger partial charge in [-0.15, -0.1) is 0 Å². The number of carbonyl (C=O) groups is 2. The van der Waals surface area contributed by atoms with Crippen molar-refractivity contribution in [3.63, 3.8) is 0 Å². The molecule has 0 fully saturated rings. The van der Waals surface area contributed by atoms with E-state index in [9.17, 15) is 18.0 Å². The first-order valence-electron chi connectivity index (χ1n) is 10.1. The van der Waals surface area contributed by atoms with Crippen LogP contribution in [0.2, 0.25) is 5.15 Å². The minimum Gasteiger partial charge on any atom is -0.452 e. The van der Waals surface area contributed by atoms with Crippen LogP contribution >= 0.6 is 11.6 Å². The summed E-state index contributed by atoms with van der Waals surface area (Å²) in [4.78, 5) is 28.4. The van der Waals surface area contributed by atoms with Gasteiger partial charge in [-0.1, -0.05) is 35.9 Å². The van der Waals surface area contributed by atoms with Crippen molar-refractivity contribution in [3.8, 4) is 0 Å². The SMILES string of the molecule is C[C@@H]1Cc2ccccc2N1S(=O)(=O)c1cccc(C(=O)OCC(=O)Nc2cccnc2Cl)c1. The van der Waals surface area contributed by atoms with Gasteiger partial charge in [0.2, 0.25) is 0 Å². The molecule has 2 aromatic carbocycles. The van der Waals surface area contributed by atoms with Gasteiger partial charge in [0, 0.05) is 12.2 Å². The predicted molar refractivity (Wildman–Crippen MR) is 124 cm³/mol. The molecule has 0 aliphatic carbocycles. The number of nitrogens with zero attached hydrogens (tertiary/aromatic N) is 2. The summed E-state index contributed by atoms with van der Waals surface area (Å²) in [5, 5.41) is 2.60. The Morgan fingerprint density at radius 1 is 1.15 bits per heavy atom. The Morgan fingerprint density at radius 2 is 1.94 bits per heavy atom. The van der Waals surface area contributed by atoms with Crippen LogP contribution in [-0.2, 0) is 26.0 Å². The Labute approximate surface area is 196 Å². The molecule has 1 atom stereocenters. The molecular weight excluding hydrogens is 466 g/mol. The van der Waals surface area contributed by atoms with Gasteiger partial charge in [-0.05, 0) is 55.3 Å². The minimum absolute atomic E-state index is 0.0171. The Bertz CT molecular complexity index is 1330. The van der Waals surface area contributed by atoms with E-state index in [4.69, 9.17) is 16.3 Å². The highest BCUT2D eigenvalue weighted by atomic mass is 35.5. The molecule has 1 N–H and O–H groups in total. The summed E-state index contributed by atoms with van der Waals surface area (Å²) in [7, 11) is -3.91. The number of halogens is 1. The second kappa shape index (κ2) is 9.21. The number of benzene rings is 2. The summed E-state index contributed by atoms with van der Waals surface area (Å²) in [5.41, 5.74) is 1.88. The molecule has 2 heterocycles. The van der Waals surface area contributed by atoms with Crippen molar-refractivity contribution in [2.75, 3.05) is 16.2 Å². The number of sulfonamides is 1. The number of carbonyl (C=O) groups excluding carboxylic acids is 2. The number of hydrogen-bond donors (Lipinski definition) is 1. The monoisotopic (exact) mass is 485 g/mol. The van der Waals surface area contributed by atoms with Gasteiger partial charge in [-0.3, -0.25) is 9.10 Å². The Morgan fingerprint density at radius 3 is 2.73 bits per heavy atom. The van der Waals surface area contributed by atoms with Gasteiger partial charge in [-0.25, -0.2) is 18.2 Å². The maximum atomic E-state index is 13.4. The molecule has 1 amide bonds. The van der Waals surface area contributed by atoms with Gasteiger partial charge in [0.15, 0.2) is 11.8 Å². The van der Waals surface area contributed by atoms with E-state index in [1.165, 1.54) is 34.8 Å². The zero-order valence-corrected chi connectivity index (χ0v) is 19.1. The molecule has 0 unspecified atom stereocenters. The number of hydrogen-bond acceptors (Lipinski definition) is 6. The van der Waals surface area contributed by atoms with Crippen LogP contribution in [0.4, 0.5) is 11.4 Å². The van der Waals surface area contributed by atoms with Gasteiger partial charge in [0.05, 0.1) is 21.8 Å². The number of fused-ring (bicyclic) bond motifs is 1. The fraction of sp³-hybridized carbons (Fsp3) is 0.174. The average molecular weight is 486 g/mol. The maximum Gasteiger partial charge on any atom is 0.338 e.